The molecule has 412 valence electrons. The summed E-state index contributed by atoms with van der Waals surface area (Å²) >= 11 is 0. The van der Waals surface area contributed by atoms with E-state index < -0.39 is 130 Å². The molecule has 10 atom stereocenters. The van der Waals surface area contributed by atoms with Crippen molar-refractivity contribution in [1.29, 1.82) is 5.26 Å². The van der Waals surface area contributed by atoms with Gasteiger partial charge in [0.25, 0.3) is 11.5 Å². The van der Waals surface area contributed by atoms with Gasteiger partial charge in [0.2, 0.25) is 11.9 Å². The van der Waals surface area contributed by atoms with Gasteiger partial charge in [0.15, 0.2) is 57.1 Å². The summed E-state index contributed by atoms with van der Waals surface area (Å²) in [7, 11) is -13.9. The van der Waals surface area contributed by atoms with Crippen LogP contribution >= 0.6 is 16.1 Å². The smallest absolute Gasteiger partial charge is 0.411 e. The summed E-state index contributed by atoms with van der Waals surface area (Å²) < 4.78 is 76.6. The molecule has 1 saturated carbocycles. The Balaban J connectivity index is 1.29. The molecule has 0 radical (unpaired) electrons. The predicted molar refractivity (Wildman–Crippen MR) is 283 cm³/mol. The Labute approximate surface area is 442 Å². The van der Waals surface area contributed by atoms with Crippen molar-refractivity contribution in [3.63, 3.8) is 0 Å². The molecular weight excluding hydrogens is 1060 g/mol. The molecule has 2 unspecified atom stereocenters. The number of H-pyrrole nitrogens is 1. The fourth-order valence-electron chi connectivity index (χ4n) is 8.27. The summed E-state index contributed by atoms with van der Waals surface area (Å²) in [5.41, 5.74) is 0.0350. The van der Waals surface area contributed by atoms with Crippen LogP contribution in [-0.2, 0) is 45.6 Å². The number of aliphatic hydroxyl groups excluding tert-OH is 1. The molecule has 5 heterocycles. The lowest BCUT2D eigenvalue weighted by Gasteiger charge is -2.41. The molecule has 1 aliphatic carbocycles. The summed E-state index contributed by atoms with van der Waals surface area (Å²) in [5.74, 6) is -2.04. The molecule has 2 amide bonds. The van der Waals surface area contributed by atoms with Crippen LogP contribution in [0.3, 0.4) is 0 Å². The van der Waals surface area contributed by atoms with Crippen LogP contribution in [0.4, 0.5) is 11.8 Å². The number of imidazole rings is 2. The van der Waals surface area contributed by atoms with Gasteiger partial charge in [-0.25, -0.2) is 24.5 Å². The van der Waals surface area contributed by atoms with Gasteiger partial charge >= 0.3 is 16.1 Å². The maximum Gasteiger partial charge on any atom is 0.695 e. The fraction of sp³-hybridized carbons (Fsp3) is 0.596. The summed E-state index contributed by atoms with van der Waals surface area (Å²) in [5, 5.41) is 25.3. The quantitative estimate of drug-likeness (QED) is 0.0269. The van der Waals surface area contributed by atoms with E-state index in [1.54, 1.807) is 44.2 Å². The van der Waals surface area contributed by atoms with Crippen molar-refractivity contribution in [2.75, 3.05) is 30.5 Å². The fourth-order valence-corrected chi connectivity index (χ4v) is 12.8. The molecule has 0 bridgehead atoms. The number of amides is 2. The van der Waals surface area contributed by atoms with Crippen molar-refractivity contribution in [2.24, 2.45) is 11.8 Å². The molecule has 1 saturated heterocycles. The minimum Gasteiger partial charge on any atom is -0.411 e. The van der Waals surface area contributed by atoms with Crippen molar-refractivity contribution in [3.05, 3.63) is 65.2 Å². The number of anilines is 2. The van der Waals surface area contributed by atoms with Crippen molar-refractivity contribution in [2.45, 2.75) is 147 Å². The SMILES string of the molecule is CC(C)C(=O)Nc1nc2c(ncn2[C@@H]2C[C@H](CO)[C@@H](O[Si](C)(C)C(C)(C)C)[C@H]2OP(=O)(OCCC#N)OC[C@H]2O[C@@H](n3cnc4c(NC(=O)c5ccccc5)ncnc43)[C@H](O[Si](C)(C)C(C)(C)C)[C@@H]2O[P+](=O)O)c(=O)[nH]1. The molecule has 1 aromatic carbocycles. The van der Waals surface area contributed by atoms with E-state index in [0.717, 1.165) is 0 Å². The van der Waals surface area contributed by atoms with E-state index in [4.69, 9.17) is 31.7 Å². The van der Waals surface area contributed by atoms with E-state index >= 15 is 4.57 Å². The van der Waals surface area contributed by atoms with E-state index in [0.29, 0.717) is 5.56 Å². The number of aromatic nitrogens is 8. The normalized spacial score (nSPS) is 23.5. The summed E-state index contributed by atoms with van der Waals surface area (Å²) in [6, 6.07) is 9.53. The first-order valence-electron chi connectivity index (χ1n) is 24.8. The van der Waals surface area contributed by atoms with E-state index in [9.17, 15) is 34.2 Å². The largest absolute Gasteiger partial charge is 0.695 e. The van der Waals surface area contributed by atoms with Crippen LogP contribution in [0.25, 0.3) is 22.3 Å². The number of hydrogen-bond donors (Lipinski definition) is 5. The Morgan fingerprint density at radius 2 is 1.57 bits per heavy atom. The van der Waals surface area contributed by atoms with Crippen molar-refractivity contribution < 1.29 is 60.4 Å². The number of hydrogen-bond acceptors (Lipinski definition) is 19. The maximum atomic E-state index is 15.5. The number of aliphatic hydroxyl groups is 1. The highest BCUT2D eigenvalue weighted by atomic mass is 31.2. The molecule has 25 nitrogen and oxygen atoms in total. The highest BCUT2D eigenvalue weighted by molar-refractivity contribution is 7.48. The molecule has 2 fully saturated rings. The van der Waals surface area contributed by atoms with Gasteiger partial charge in [-0.05, 0) is 54.8 Å². The van der Waals surface area contributed by atoms with Crippen LogP contribution in [0.2, 0.25) is 36.3 Å². The number of nitriles is 1. The van der Waals surface area contributed by atoms with Gasteiger partial charge in [0, 0.05) is 28.6 Å². The third-order valence-electron chi connectivity index (χ3n) is 14.5. The number of carbonyl (C=O) groups excluding carboxylic acids is 2. The van der Waals surface area contributed by atoms with Crippen LogP contribution in [0, 0.1) is 23.2 Å². The van der Waals surface area contributed by atoms with Crippen LogP contribution in [0.5, 0.6) is 0 Å². The van der Waals surface area contributed by atoms with Crippen molar-refractivity contribution >= 4 is 78.6 Å². The minimum atomic E-state index is -4.95. The molecule has 5 aromatic rings. The number of ether oxygens (including phenoxy) is 1. The van der Waals surface area contributed by atoms with Gasteiger partial charge < -0.3 is 28.6 Å². The molecule has 76 heavy (non-hydrogen) atoms. The number of phosphoric acid groups is 1. The van der Waals surface area contributed by atoms with Crippen molar-refractivity contribution in [1.82, 2.24) is 39.0 Å². The number of aromatic amines is 1. The molecule has 1 aliphatic heterocycles. The van der Waals surface area contributed by atoms with E-state index in [-0.39, 0.29) is 52.0 Å². The number of fused-ring (bicyclic) bond motifs is 2. The first-order chi connectivity index (χ1) is 35.6. The average molecular weight is 1130 g/mol. The Hall–Kier alpha value is -5.05. The summed E-state index contributed by atoms with van der Waals surface area (Å²) in [4.78, 5) is 74.7. The highest BCUT2D eigenvalue weighted by Crippen LogP contribution is 2.57. The van der Waals surface area contributed by atoms with Crippen LogP contribution in [-0.4, -0.2) is 128 Å². The molecule has 0 spiro atoms. The third kappa shape index (κ3) is 12.8. The maximum absolute atomic E-state index is 15.5. The molecule has 2 aliphatic rings. The third-order valence-corrected chi connectivity index (χ3v) is 25.3. The zero-order valence-electron chi connectivity index (χ0n) is 44.6. The van der Waals surface area contributed by atoms with E-state index in [2.05, 4.69) is 40.5 Å². The predicted octanol–water partition coefficient (Wildman–Crippen LogP) is 7.51. The lowest BCUT2D eigenvalue weighted by molar-refractivity contribution is -0.118. The number of carbonyl (C=O) groups is 2. The molecular formula is C47H68N11O14P2Si2+. The van der Waals surface area contributed by atoms with Crippen LogP contribution in [0.1, 0.15) is 90.9 Å². The van der Waals surface area contributed by atoms with E-state index in [1.165, 1.54) is 28.1 Å². The van der Waals surface area contributed by atoms with Gasteiger partial charge in [-0.1, -0.05) is 73.6 Å². The van der Waals surface area contributed by atoms with Crippen LogP contribution < -0.4 is 16.2 Å². The Kier molecular flexibility index (Phi) is 17.8. The van der Waals surface area contributed by atoms with Gasteiger partial charge in [-0.15, -0.1) is 9.42 Å². The van der Waals surface area contributed by atoms with E-state index in [1.807, 2.05) is 73.8 Å². The second kappa shape index (κ2) is 23.1. The Morgan fingerprint density at radius 1 is 0.921 bits per heavy atom. The lowest BCUT2D eigenvalue weighted by Crippen LogP contribution is -2.49. The monoisotopic (exact) mass is 1130 g/mol. The van der Waals surface area contributed by atoms with Gasteiger partial charge in [0.05, 0.1) is 50.5 Å². The number of nitrogens with one attached hydrogen (secondary N) is 3. The Bertz CT molecular complexity index is 3070. The first kappa shape index (κ1) is 58.6. The second-order valence-corrected chi connectivity index (χ2v) is 33.9. The highest BCUT2D eigenvalue weighted by Gasteiger charge is 2.57. The topological polar surface area (TPSA) is 328 Å². The van der Waals surface area contributed by atoms with Gasteiger partial charge in [-0.3, -0.25) is 42.8 Å². The number of rotatable bonds is 21. The Morgan fingerprint density at radius 3 is 2.18 bits per heavy atom. The zero-order valence-corrected chi connectivity index (χ0v) is 48.4. The molecule has 29 heteroatoms. The minimum absolute atomic E-state index is 0.0338. The first-order valence-corrected chi connectivity index (χ1v) is 33.2. The number of nitrogens with zero attached hydrogens (tertiary/aromatic N) is 8. The molecule has 7 rings (SSSR count). The van der Waals surface area contributed by atoms with Crippen LogP contribution in [0.15, 0.2) is 54.1 Å². The summed E-state index contributed by atoms with van der Waals surface area (Å²) in [6.45, 7) is 21.9. The zero-order chi connectivity index (χ0) is 55.7. The molecule has 5 N–H and O–H groups in total. The van der Waals surface area contributed by atoms with Gasteiger partial charge in [0.1, 0.15) is 24.6 Å². The van der Waals surface area contributed by atoms with Crippen molar-refractivity contribution in [3.8, 4) is 6.07 Å². The lowest BCUT2D eigenvalue weighted by atomic mass is 10.1. The van der Waals surface area contributed by atoms with Gasteiger partial charge in [-0.2, -0.15) is 10.2 Å². The number of phosphoric ester groups is 1. The summed E-state index contributed by atoms with van der Waals surface area (Å²) in [6.07, 6.45) is -3.61. The average Bonchev–Trinajstić information content (AvgIpc) is 4.12. The molecule has 4 aromatic heterocycles. The second-order valence-electron chi connectivity index (χ2n) is 22.1. The standard InChI is InChI=1S/C47H67N11O14P2Si2/c1-27(2)41(60)55-45-54-40-33(43(62)56-45)52-25-57(40)30-21-29(22-59)34(71-75(9,10)46(3,4)5)35(30)70-74(65,66-20-16-19-48)67-23-31-36(69-73(63)64)37(72-76(11,12)47(6,7)8)44(68-31)58-26-51-32-38(49-24-50-39(32)58)53-42(61)28-17-14-13-15-18-28/h13-15,17-18,24-27,29-31,34-37,44,59H,16,20-23H2,1-12H3,(H3-,49,50,53,54,55,56,60,61,62,63,64)/p+1/t29-,30-,31-,34-,35+,36-,37-,44-,74?/m1/s1. The number of benzene rings is 1.